The molecule has 2 aliphatic rings. The number of nitrogens with zero attached hydrogens (tertiary/aromatic N) is 2. The fourth-order valence-corrected chi connectivity index (χ4v) is 5.14. The lowest BCUT2D eigenvalue weighted by Gasteiger charge is -2.30. The summed E-state index contributed by atoms with van der Waals surface area (Å²) in [4.78, 5) is 34.3. The topological polar surface area (TPSA) is 82.0 Å². The normalized spacial score (nSPS) is 19.5. The molecule has 3 atom stereocenters. The van der Waals surface area contributed by atoms with Crippen molar-refractivity contribution in [3.05, 3.63) is 29.8 Å². The SMILES string of the molecule is CCCCC1=NC(NC(=O)[C@H](CC2CC2)[C@@H](O)CCCC)C(=O)N(CC(CC)CC)c2ccccc21. The Morgan fingerprint density at radius 3 is 2.44 bits per heavy atom. The van der Waals surface area contributed by atoms with E-state index in [1.54, 1.807) is 0 Å². The molecular formula is C30H47N3O3. The van der Waals surface area contributed by atoms with Gasteiger partial charge in [0.25, 0.3) is 5.91 Å². The van der Waals surface area contributed by atoms with E-state index in [2.05, 4.69) is 33.0 Å². The van der Waals surface area contributed by atoms with Gasteiger partial charge in [0.05, 0.1) is 17.7 Å². The molecule has 36 heavy (non-hydrogen) atoms. The number of anilines is 1. The van der Waals surface area contributed by atoms with Gasteiger partial charge in [0.2, 0.25) is 12.1 Å². The van der Waals surface area contributed by atoms with Gasteiger partial charge in [-0.1, -0.05) is 90.8 Å². The molecule has 2 N–H and O–H groups in total. The van der Waals surface area contributed by atoms with Gasteiger partial charge in [0.1, 0.15) is 0 Å². The van der Waals surface area contributed by atoms with Crippen LogP contribution < -0.4 is 10.2 Å². The summed E-state index contributed by atoms with van der Waals surface area (Å²) in [6, 6.07) is 8.02. The number of para-hydroxylation sites is 1. The van der Waals surface area contributed by atoms with Crippen LogP contribution in [-0.4, -0.2) is 41.4 Å². The minimum atomic E-state index is -0.966. The van der Waals surface area contributed by atoms with Crippen molar-refractivity contribution in [2.24, 2.45) is 22.7 Å². The maximum Gasteiger partial charge on any atom is 0.272 e. The molecule has 6 nitrogen and oxygen atoms in total. The Kier molecular flexibility index (Phi) is 11.0. The molecule has 1 unspecified atom stereocenters. The van der Waals surface area contributed by atoms with Crippen LogP contribution in [0.3, 0.4) is 0 Å². The zero-order valence-electron chi connectivity index (χ0n) is 22.8. The van der Waals surface area contributed by atoms with Crippen LogP contribution in [0.4, 0.5) is 5.69 Å². The van der Waals surface area contributed by atoms with Crippen LogP contribution in [0.2, 0.25) is 0 Å². The molecule has 3 rings (SSSR count). The summed E-state index contributed by atoms with van der Waals surface area (Å²) in [6.45, 7) is 9.16. The van der Waals surface area contributed by atoms with E-state index in [0.29, 0.717) is 31.2 Å². The highest BCUT2D eigenvalue weighted by atomic mass is 16.3. The van der Waals surface area contributed by atoms with E-state index in [1.807, 2.05) is 29.2 Å². The average molecular weight is 498 g/mol. The van der Waals surface area contributed by atoms with Crippen LogP contribution in [0.1, 0.15) is 104 Å². The number of amides is 2. The number of aliphatic imine (C=N–C) groups is 1. The number of hydrogen-bond donors (Lipinski definition) is 2. The number of hydrogen-bond acceptors (Lipinski definition) is 4. The van der Waals surface area contributed by atoms with E-state index < -0.39 is 18.2 Å². The lowest BCUT2D eigenvalue weighted by Crippen LogP contribution is -2.51. The second-order valence-corrected chi connectivity index (χ2v) is 10.7. The third kappa shape index (κ3) is 7.41. The highest BCUT2D eigenvalue weighted by Crippen LogP contribution is 2.37. The van der Waals surface area contributed by atoms with Crippen LogP contribution in [0.15, 0.2) is 29.3 Å². The predicted molar refractivity (Wildman–Crippen MR) is 147 cm³/mol. The van der Waals surface area contributed by atoms with E-state index in [1.165, 1.54) is 0 Å². The van der Waals surface area contributed by atoms with Crippen molar-refractivity contribution < 1.29 is 14.7 Å². The molecule has 0 spiro atoms. The molecule has 1 saturated carbocycles. The Morgan fingerprint density at radius 1 is 1.11 bits per heavy atom. The quantitative estimate of drug-likeness (QED) is 0.318. The molecule has 1 aromatic carbocycles. The van der Waals surface area contributed by atoms with E-state index in [0.717, 1.165) is 74.7 Å². The van der Waals surface area contributed by atoms with Gasteiger partial charge in [-0.3, -0.25) is 14.6 Å². The average Bonchev–Trinajstić information content (AvgIpc) is 3.72. The van der Waals surface area contributed by atoms with Crippen LogP contribution in [0, 0.1) is 17.8 Å². The number of nitrogens with one attached hydrogen (secondary N) is 1. The van der Waals surface area contributed by atoms with Crippen LogP contribution >= 0.6 is 0 Å². The minimum Gasteiger partial charge on any atom is -0.392 e. The van der Waals surface area contributed by atoms with E-state index in [-0.39, 0.29) is 11.8 Å². The Morgan fingerprint density at radius 2 is 1.81 bits per heavy atom. The van der Waals surface area contributed by atoms with Gasteiger partial charge in [-0.25, -0.2) is 0 Å². The molecule has 1 fully saturated rings. The summed E-state index contributed by atoms with van der Waals surface area (Å²) < 4.78 is 0. The van der Waals surface area contributed by atoms with Crippen LogP contribution in [0.5, 0.6) is 0 Å². The van der Waals surface area contributed by atoms with E-state index in [4.69, 9.17) is 4.99 Å². The maximum atomic E-state index is 14.0. The lowest BCUT2D eigenvalue weighted by molar-refractivity contribution is -0.133. The number of benzene rings is 1. The lowest BCUT2D eigenvalue weighted by atomic mass is 9.91. The molecule has 2 amide bonds. The third-order valence-electron chi connectivity index (χ3n) is 7.87. The zero-order valence-corrected chi connectivity index (χ0v) is 22.8. The van der Waals surface area contributed by atoms with Gasteiger partial charge >= 0.3 is 0 Å². The van der Waals surface area contributed by atoms with Crippen molar-refractivity contribution in [2.45, 2.75) is 111 Å². The second kappa shape index (κ2) is 13.9. The molecule has 200 valence electrons. The number of benzodiazepines with no additional fused rings is 1. The van der Waals surface area contributed by atoms with E-state index >= 15 is 0 Å². The molecule has 0 aromatic heterocycles. The molecule has 0 radical (unpaired) electrons. The number of aliphatic hydroxyl groups is 1. The van der Waals surface area contributed by atoms with Crippen molar-refractivity contribution in [1.82, 2.24) is 5.32 Å². The van der Waals surface area contributed by atoms with Crippen molar-refractivity contribution in [3.63, 3.8) is 0 Å². The molecule has 6 heteroatoms. The number of carbonyl (C=O) groups is 2. The Bertz CT molecular complexity index is 891. The van der Waals surface area contributed by atoms with Crippen LogP contribution in [0.25, 0.3) is 0 Å². The first-order valence-corrected chi connectivity index (χ1v) is 14.4. The monoisotopic (exact) mass is 497 g/mol. The number of rotatable bonds is 15. The van der Waals surface area contributed by atoms with Gasteiger partial charge in [-0.05, 0) is 43.6 Å². The number of carbonyl (C=O) groups excluding carboxylic acids is 2. The van der Waals surface area contributed by atoms with Gasteiger partial charge in [-0.15, -0.1) is 0 Å². The van der Waals surface area contributed by atoms with Gasteiger partial charge in [0, 0.05) is 17.8 Å². The first-order valence-electron chi connectivity index (χ1n) is 14.4. The van der Waals surface area contributed by atoms with Crippen molar-refractivity contribution in [3.8, 4) is 0 Å². The second-order valence-electron chi connectivity index (χ2n) is 10.7. The first kappa shape index (κ1) is 28.4. The summed E-state index contributed by atoms with van der Waals surface area (Å²) in [7, 11) is 0. The fraction of sp³-hybridized carbons (Fsp3) is 0.700. The van der Waals surface area contributed by atoms with E-state index in [9.17, 15) is 14.7 Å². The molecule has 1 aliphatic carbocycles. The largest absolute Gasteiger partial charge is 0.392 e. The van der Waals surface area contributed by atoms with Crippen molar-refractivity contribution >= 4 is 23.2 Å². The summed E-state index contributed by atoms with van der Waals surface area (Å²) >= 11 is 0. The van der Waals surface area contributed by atoms with Gasteiger partial charge in [-0.2, -0.15) is 0 Å². The Labute approximate surface area is 218 Å². The molecule has 0 saturated heterocycles. The standard InChI is InChI=1S/C30H47N3O3/c1-5-9-14-25-23-13-11-12-15-26(23)33(20-21(7-3)8-4)30(36)28(31-25)32-29(35)24(19-22-17-18-22)27(34)16-10-6-2/h11-13,15,21-22,24,27-28,34H,5-10,14,16-20H2,1-4H3,(H,32,35)/t24-,27+,28?/m1/s1. The van der Waals surface area contributed by atoms with Crippen molar-refractivity contribution in [1.29, 1.82) is 0 Å². The summed E-state index contributed by atoms with van der Waals surface area (Å²) in [6.07, 6.45) is 8.45. The molecule has 1 heterocycles. The summed E-state index contributed by atoms with van der Waals surface area (Å²) in [5.41, 5.74) is 2.75. The molecule has 1 aromatic rings. The highest BCUT2D eigenvalue weighted by Gasteiger charge is 2.38. The number of fused-ring (bicyclic) bond motifs is 1. The van der Waals surface area contributed by atoms with Crippen LogP contribution in [-0.2, 0) is 9.59 Å². The predicted octanol–water partition coefficient (Wildman–Crippen LogP) is 5.86. The zero-order chi connectivity index (χ0) is 26.1. The maximum absolute atomic E-state index is 14.0. The number of aliphatic hydroxyl groups excluding tert-OH is 1. The van der Waals surface area contributed by atoms with Gasteiger partial charge in [0.15, 0.2) is 0 Å². The first-order chi connectivity index (χ1) is 17.4. The van der Waals surface area contributed by atoms with Gasteiger partial charge < -0.3 is 15.3 Å². The highest BCUT2D eigenvalue weighted by molar-refractivity contribution is 6.13. The summed E-state index contributed by atoms with van der Waals surface area (Å²) in [5, 5.41) is 13.9. The smallest absolute Gasteiger partial charge is 0.272 e. The minimum absolute atomic E-state index is 0.178. The molecular weight excluding hydrogens is 450 g/mol. The van der Waals surface area contributed by atoms with Crippen molar-refractivity contribution in [2.75, 3.05) is 11.4 Å². The third-order valence-corrected chi connectivity index (χ3v) is 7.87. The fourth-order valence-electron chi connectivity index (χ4n) is 5.14. The molecule has 1 aliphatic heterocycles. The Balaban J connectivity index is 1.93. The number of unbranched alkanes of at least 4 members (excludes halogenated alkanes) is 2. The molecule has 0 bridgehead atoms. The Hall–Kier alpha value is -2.21. The summed E-state index contributed by atoms with van der Waals surface area (Å²) in [5.74, 6) is -0.0438.